The van der Waals surface area contributed by atoms with E-state index in [0.717, 1.165) is 13.1 Å². The lowest BCUT2D eigenvalue weighted by molar-refractivity contribution is -0.308. The topological polar surface area (TPSA) is 217 Å². The summed E-state index contributed by atoms with van der Waals surface area (Å²) in [7, 11) is 0. The van der Waals surface area contributed by atoms with Gasteiger partial charge in [-0.1, -0.05) is 7.43 Å². The van der Waals surface area contributed by atoms with Crippen LogP contribution in [0.25, 0.3) is 0 Å². The second-order valence-electron chi connectivity index (χ2n) is 7.09. The monoisotopic (exact) mass is 516 g/mol. The summed E-state index contributed by atoms with van der Waals surface area (Å²) in [6.07, 6.45) is 0. The van der Waals surface area contributed by atoms with Gasteiger partial charge in [0, 0.05) is 58.9 Å². The summed E-state index contributed by atoms with van der Waals surface area (Å²) in [4.78, 5) is 53.1. The standard InChI is InChI=1S/C12H22N4O6.C4H7NO2.2C2H2O.CH4/c17-11(18)9-13-1-2-14(10-12(19)20)4-6-16(22)8-7-15(21)5-3-13;6-4(7)3-5-1-2-5;2*1-2-3;/h1-10H2,(H,17,18)(H,19,20);1-3H2,(H,6,7);2*1H2;1H4/q-2;;;;/p-3. The second kappa shape index (κ2) is 23.8. The van der Waals surface area contributed by atoms with Crippen LogP contribution in [-0.2, 0) is 24.0 Å². The zero-order chi connectivity index (χ0) is 27.2. The molecule has 2 heterocycles. The molecule has 0 radical (unpaired) electrons. The summed E-state index contributed by atoms with van der Waals surface area (Å²) >= 11 is 0. The minimum Gasteiger partial charge on any atom is -0.785 e. The summed E-state index contributed by atoms with van der Waals surface area (Å²) in [5.41, 5.74) is 0. The van der Waals surface area contributed by atoms with Crippen LogP contribution < -0.4 is 15.3 Å². The van der Waals surface area contributed by atoms with Crippen molar-refractivity contribution < 1.29 is 39.3 Å². The number of carbonyl (C=O) groups is 3. The number of carbonyl (C=O) groups excluding carboxylic acids is 5. The second-order valence-corrected chi connectivity index (χ2v) is 7.09. The Morgan fingerprint density at radius 2 is 0.722 bits per heavy atom. The van der Waals surface area contributed by atoms with Gasteiger partial charge in [-0.3, -0.25) is 14.7 Å². The van der Waals surface area contributed by atoms with E-state index < -0.39 is 17.9 Å². The van der Waals surface area contributed by atoms with Crippen molar-refractivity contribution >= 4 is 29.8 Å². The van der Waals surface area contributed by atoms with E-state index in [2.05, 4.69) is 13.2 Å². The smallest absolute Gasteiger partial charge is 0.116 e. The molecule has 0 spiro atoms. The van der Waals surface area contributed by atoms with E-state index in [1.165, 1.54) is 21.7 Å². The van der Waals surface area contributed by atoms with E-state index in [-0.39, 0.29) is 79.4 Å². The number of hydroxylamine groups is 4. The summed E-state index contributed by atoms with van der Waals surface area (Å²) in [6, 6.07) is 0. The van der Waals surface area contributed by atoms with Gasteiger partial charge in [0.2, 0.25) is 0 Å². The molecule has 36 heavy (non-hydrogen) atoms. The molecule has 0 amide bonds. The summed E-state index contributed by atoms with van der Waals surface area (Å²) < 4.78 is 0. The first-order valence-corrected chi connectivity index (χ1v) is 10.4. The normalized spacial score (nSPS) is 17.6. The van der Waals surface area contributed by atoms with Crippen molar-refractivity contribution in [2.75, 3.05) is 85.1 Å². The average molecular weight is 517 g/mol. The third-order valence-electron chi connectivity index (χ3n) is 4.26. The Balaban J connectivity index is -0.000000638. The van der Waals surface area contributed by atoms with Gasteiger partial charge in [-0.25, -0.2) is 9.59 Å². The fourth-order valence-corrected chi connectivity index (χ4v) is 2.55. The molecule has 2 saturated heterocycles. The van der Waals surface area contributed by atoms with Crippen molar-refractivity contribution in [2.24, 2.45) is 0 Å². The number of carboxylic acid groups (broad SMARTS) is 3. The van der Waals surface area contributed by atoms with E-state index in [1.807, 2.05) is 0 Å². The first-order chi connectivity index (χ1) is 16.5. The molecule has 15 nitrogen and oxygen atoms in total. The third kappa shape index (κ3) is 27.3. The first kappa shape index (κ1) is 37.6. The van der Waals surface area contributed by atoms with Crippen LogP contribution >= 0.6 is 0 Å². The maximum atomic E-state index is 11.6. The Morgan fingerprint density at radius 3 is 0.917 bits per heavy atom. The zero-order valence-corrected chi connectivity index (χ0v) is 19.4. The van der Waals surface area contributed by atoms with Gasteiger partial charge in [0.25, 0.3) is 0 Å². The number of hydrogen-bond acceptors (Lipinski definition) is 15. The summed E-state index contributed by atoms with van der Waals surface area (Å²) in [5, 5.41) is 55.7. The van der Waals surface area contributed by atoms with Gasteiger partial charge in [0.05, 0.1) is 17.9 Å². The van der Waals surface area contributed by atoms with Gasteiger partial charge in [-0.05, 0) is 39.3 Å². The molecule has 0 aromatic rings. The van der Waals surface area contributed by atoms with Gasteiger partial charge >= 0.3 is 0 Å². The number of rotatable bonds is 6. The quantitative estimate of drug-likeness (QED) is 0.237. The number of hydrogen-bond donors (Lipinski definition) is 0. The highest BCUT2D eigenvalue weighted by Gasteiger charge is 2.15. The Morgan fingerprint density at radius 1 is 0.556 bits per heavy atom. The van der Waals surface area contributed by atoms with Gasteiger partial charge in [-0.2, -0.15) is 0 Å². The number of aliphatic carboxylic acids is 3. The van der Waals surface area contributed by atoms with Gasteiger partial charge in [0.1, 0.15) is 11.9 Å². The summed E-state index contributed by atoms with van der Waals surface area (Å²) in [6.45, 7) is 7.76. The van der Waals surface area contributed by atoms with Crippen LogP contribution in [-0.4, -0.2) is 140 Å². The average Bonchev–Trinajstić information content (AvgIpc) is 3.55. The molecular formula is C21H34N5O10-5. The molecule has 208 valence electrons. The van der Waals surface area contributed by atoms with Crippen molar-refractivity contribution in [3.05, 3.63) is 23.6 Å². The van der Waals surface area contributed by atoms with Crippen molar-refractivity contribution in [1.29, 1.82) is 0 Å². The lowest BCUT2D eigenvalue weighted by Gasteiger charge is -2.38. The fourth-order valence-electron chi connectivity index (χ4n) is 2.55. The first-order valence-electron chi connectivity index (χ1n) is 10.4. The summed E-state index contributed by atoms with van der Waals surface area (Å²) in [5.74, 6) is -0.999. The van der Waals surface area contributed by atoms with E-state index in [0.29, 0.717) is 10.1 Å². The number of nitrogens with zero attached hydrogens (tertiary/aromatic N) is 5. The van der Waals surface area contributed by atoms with Crippen molar-refractivity contribution in [2.45, 2.75) is 7.43 Å². The Kier molecular flexibility index (Phi) is 24.8. The minimum atomic E-state index is -1.26. The van der Waals surface area contributed by atoms with Crippen LogP contribution in [0.1, 0.15) is 7.43 Å². The largest absolute Gasteiger partial charge is 0.785 e. The molecule has 2 aliphatic heterocycles. The molecule has 0 N–H and O–H groups in total. The van der Waals surface area contributed by atoms with Gasteiger partial charge < -0.3 is 50.2 Å². The molecular weight excluding hydrogens is 482 g/mol. The molecule has 2 fully saturated rings. The Bertz CT molecular complexity index is 647. The Hall–Kier alpha value is -2.97. The van der Waals surface area contributed by atoms with Gasteiger partial charge in [-0.15, -0.1) is 0 Å². The molecule has 0 atom stereocenters. The Labute approximate surface area is 210 Å². The van der Waals surface area contributed by atoms with E-state index >= 15 is 0 Å². The SMILES string of the molecule is C.C=C=O.C=C=O.O=C([O-])CN1CC1.O=C([O-])CN1CCN([O-])CCN([O-])CCN(CC(=O)[O-])CC1. The lowest BCUT2D eigenvalue weighted by Crippen LogP contribution is -2.48. The molecule has 0 aromatic heterocycles. The molecule has 0 unspecified atom stereocenters. The van der Waals surface area contributed by atoms with Crippen molar-refractivity contribution in [1.82, 2.24) is 24.8 Å². The lowest BCUT2D eigenvalue weighted by atomic mass is 10.3. The maximum Gasteiger partial charge on any atom is 0.116 e. The van der Waals surface area contributed by atoms with Crippen molar-refractivity contribution in [3.8, 4) is 0 Å². The van der Waals surface area contributed by atoms with Crippen LogP contribution in [0.4, 0.5) is 0 Å². The highest BCUT2D eigenvalue weighted by atomic mass is 16.5. The van der Waals surface area contributed by atoms with Crippen LogP contribution in [0.5, 0.6) is 0 Å². The molecule has 0 aliphatic carbocycles. The van der Waals surface area contributed by atoms with Gasteiger partial charge in [0.15, 0.2) is 0 Å². The highest BCUT2D eigenvalue weighted by molar-refractivity contribution is 5.67. The zero-order valence-electron chi connectivity index (χ0n) is 19.4. The van der Waals surface area contributed by atoms with Crippen LogP contribution in [0.3, 0.4) is 0 Å². The van der Waals surface area contributed by atoms with Crippen LogP contribution in [0, 0.1) is 10.4 Å². The van der Waals surface area contributed by atoms with E-state index in [9.17, 15) is 40.1 Å². The highest BCUT2D eigenvalue weighted by Crippen LogP contribution is 1.99. The minimum absolute atomic E-state index is 0. The molecule has 2 rings (SSSR count). The van der Waals surface area contributed by atoms with Crippen LogP contribution in [0.2, 0.25) is 0 Å². The van der Waals surface area contributed by atoms with Crippen molar-refractivity contribution in [3.63, 3.8) is 0 Å². The van der Waals surface area contributed by atoms with Crippen LogP contribution in [0.15, 0.2) is 13.2 Å². The molecule has 15 heteroatoms. The predicted molar refractivity (Wildman–Crippen MR) is 124 cm³/mol. The molecule has 2 aliphatic rings. The third-order valence-corrected chi connectivity index (χ3v) is 4.26. The number of carboxylic acids is 3. The predicted octanol–water partition coefficient (Wildman–Crippen LogP) is -5.60. The maximum absolute atomic E-state index is 11.6. The molecule has 0 saturated carbocycles. The molecule has 0 bridgehead atoms. The van der Waals surface area contributed by atoms with E-state index in [1.54, 1.807) is 4.90 Å². The fraction of sp³-hybridized carbons (Fsp3) is 0.667. The molecule has 0 aromatic carbocycles. The van der Waals surface area contributed by atoms with E-state index in [4.69, 9.17) is 9.59 Å².